The minimum Gasteiger partial charge on any atom is -0.496 e. The van der Waals surface area contributed by atoms with Gasteiger partial charge in [-0.15, -0.1) is 0 Å². The molecule has 0 radical (unpaired) electrons. The zero-order valence-corrected chi connectivity index (χ0v) is 20.0. The number of hydrogen-bond donors (Lipinski definition) is 3. The van der Waals surface area contributed by atoms with Crippen LogP contribution in [0.15, 0.2) is 53.4 Å². The van der Waals surface area contributed by atoms with E-state index in [1.807, 2.05) is 43.3 Å². The molecule has 3 aromatic rings. The van der Waals surface area contributed by atoms with Gasteiger partial charge < -0.3 is 15.0 Å². The number of carbonyl (C=O) groups excluding carboxylic acids is 1. The molecule has 0 atom stereocenters. The summed E-state index contributed by atoms with van der Waals surface area (Å²) in [5, 5.41) is 9.76. The number of nitrogens with zero attached hydrogens (tertiary/aromatic N) is 2. The van der Waals surface area contributed by atoms with E-state index >= 15 is 0 Å². The van der Waals surface area contributed by atoms with Crippen molar-refractivity contribution in [1.29, 1.82) is 0 Å². The van der Waals surface area contributed by atoms with Crippen LogP contribution < -0.4 is 14.8 Å². The average Bonchev–Trinajstić information content (AvgIpc) is 3.25. The molecule has 33 heavy (non-hydrogen) atoms. The Morgan fingerprint density at radius 1 is 1.15 bits per heavy atom. The van der Waals surface area contributed by atoms with Crippen LogP contribution in [0, 0.1) is 6.92 Å². The first kappa shape index (κ1) is 24.4. The molecule has 0 aliphatic carbocycles. The van der Waals surface area contributed by atoms with Crippen molar-refractivity contribution < 1.29 is 17.9 Å². The van der Waals surface area contributed by atoms with Gasteiger partial charge in [-0.25, -0.2) is 13.1 Å². The van der Waals surface area contributed by atoms with E-state index in [-0.39, 0.29) is 10.5 Å². The number of para-hydroxylation sites is 1. The number of methoxy groups -OCH3 is 1. The number of ether oxygens (including phenoxy) is 1. The third-order valence-electron chi connectivity index (χ3n) is 5.05. The predicted octanol–water partition coefficient (Wildman–Crippen LogP) is 2.88. The van der Waals surface area contributed by atoms with Gasteiger partial charge in [0, 0.05) is 23.7 Å². The molecule has 0 saturated carbocycles. The number of H-pyrrole nitrogens is 1. The first-order valence-corrected chi connectivity index (χ1v) is 11.9. The Balaban J connectivity index is 1.75. The van der Waals surface area contributed by atoms with Crippen molar-refractivity contribution in [1.82, 2.24) is 19.8 Å². The van der Waals surface area contributed by atoms with Crippen LogP contribution in [-0.4, -0.2) is 63.7 Å². The highest BCUT2D eigenvalue weighted by Crippen LogP contribution is 2.29. The summed E-state index contributed by atoms with van der Waals surface area (Å²) in [5.41, 5.74) is 2.39. The van der Waals surface area contributed by atoms with Crippen molar-refractivity contribution in [2.24, 2.45) is 0 Å². The van der Waals surface area contributed by atoms with Gasteiger partial charge in [0.15, 0.2) is 5.82 Å². The molecule has 9 nitrogen and oxygen atoms in total. The van der Waals surface area contributed by atoms with E-state index in [2.05, 4.69) is 20.2 Å². The predicted molar refractivity (Wildman–Crippen MR) is 128 cm³/mol. The highest BCUT2D eigenvalue weighted by Gasteiger charge is 2.19. The van der Waals surface area contributed by atoms with Gasteiger partial charge in [-0.3, -0.25) is 9.89 Å². The summed E-state index contributed by atoms with van der Waals surface area (Å²) in [7, 11) is 1.71. The lowest BCUT2D eigenvalue weighted by Crippen LogP contribution is -2.27. The summed E-state index contributed by atoms with van der Waals surface area (Å²) >= 11 is 0. The van der Waals surface area contributed by atoms with Crippen LogP contribution in [0.1, 0.15) is 22.3 Å². The van der Waals surface area contributed by atoms with Crippen LogP contribution in [0.5, 0.6) is 5.75 Å². The van der Waals surface area contributed by atoms with Crippen LogP contribution in [-0.2, 0) is 10.0 Å². The van der Waals surface area contributed by atoms with Gasteiger partial charge in [0.25, 0.3) is 5.91 Å². The lowest BCUT2D eigenvalue weighted by atomic mass is 10.1. The number of amides is 1. The number of aryl methyl sites for hydroxylation is 1. The molecule has 176 valence electrons. The zero-order valence-electron chi connectivity index (χ0n) is 19.2. The van der Waals surface area contributed by atoms with Crippen LogP contribution in [0.25, 0.3) is 11.3 Å². The number of aromatic amines is 1. The molecule has 0 fully saturated rings. The number of nitrogens with one attached hydrogen (secondary N) is 3. The molecule has 0 aliphatic heterocycles. The lowest BCUT2D eigenvalue weighted by molar-refractivity contribution is 0.102. The quantitative estimate of drug-likeness (QED) is 0.392. The number of anilines is 1. The molecule has 2 aromatic carbocycles. The fourth-order valence-corrected chi connectivity index (χ4v) is 4.37. The van der Waals surface area contributed by atoms with Crippen molar-refractivity contribution in [2.75, 3.05) is 39.6 Å². The molecule has 0 aliphatic rings. The summed E-state index contributed by atoms with van der Waals surface area (Å²) in [6.45, 7) is 2.83. The van der Waals surface area contributed by atoms with Crippen LogP contribution in [0.3, 0.4) is 0 Å². The van der Waals surface area contributed by atoms with E-state index in [9.17, 15) is 13.2 Å². The number of rotatable bonds is 10. The maximum atomic E-state index is 12.9. The van der Waals surface area contributed by atoms with Gasteiger partial charge in [0.1, 0.15) is 5.75 Å². The topological polar surface area (TPSA) is 116 Å². The Kier molecular flexibility index (Phi) is 7.85. The van der Waals surface area contributed by atoms with Gasteiger partial charge >= 0.3 is 0 Å². The first-order valence-electron chi connectivity index (χ1n) is 10.5. The van der Waals surface area contributed by atoms with Gasteiger partial charge in [0.05, 0.1) is 17.7 Å². The Hall–Kier alpha value is -3.21. The van der Waals surface area contributed by atoms with E-state index < -0.39 is 15.9 Å². The second-order valence-electron chi connectivity index (χ2n) is 7.85. The van der Waals surface area contributed by atoms with E-state index in [0.29, 0.717) is 35.8 Å². The van der Waals surface area contributed by atoms with Gasteiger partial charge in [0.2, 0.25) is 10.0 Å². The Morgan fingerprint density at radius 3 is 2.64 bits per heavy atom. The lowest BCUT2D eigenvalue weighted by Gasteiger charge is -2.12. The number of sulfonamides is 1. The van der Waals surface area contributed by atoms with E-state index in [4.69, 9.17) is 4.74 Å². The van der Waals surface area contributed by atoms with Crippen molar-refractivity contribution >= 4 is 21.7 Å². The fraction of sp³-hybridized carbons (Fsp3) is 0.304. The van der Waals surface area contributed by atoms with Gasteiger partial charge in [-0.05, 0) is 63.8 Å². The maximum absolute atomic E-state index is 12.9. The maximum Gasteiger partial charge on any atom is 0.257 e. The molecule has 0 unspecified atom stereocenters. The molecular formula is C23H29N5O4S. The second kappa shape index (κ2) is 10.6. The minimum atomic E-state index is -3.73. The smallest absolute Gasteiger partial charge is 0.257 e. The summed E-state index contributed by atoms with van der Waals surface area (Å²) in [6.07, 6.45) is 0.680. The molecule has 0 bridgehead atoms. The Bertz CT molecular complexity index is 1220. The standard InChI is InChI=1S/C23H29N5O4S/c1-16-10-11-17(33(30,31)24-12-7-13-28(2)3)14-19(16)23(29)25-22-15-20(26-27-22)18-8-5-6-9-21(18)32-4/h5-6,8-11,14-15,24H,7,12-13H2,1-4H3,(H2,25,26,27,29). The number of carbonyl (C=O) groups is 1. The van der Waals surface area contributed by atoms with Crippen molar-refractivity contribution in [3.05, 3.63) is 59.7 Å². The molecule has 1 heterocycles. The third kappa shape index (κ3) is 6.19. The van der Waals surface area contributed by atoms with Gasteiger partial charge in [-0.2, -0.15) is 5.10 Å². The molecular weight excluding hydrogens is 442 g/mol. The number of benzene rings is 2. The van der Waals surface area contributed by atoms with Crippen LogP contribution in [0.4, 0.5) is 5.82 Å². The van der Waals surface area contributed by atoms with Crippen molar-refractivity contribution in [3.63, 3.8) is 0 Å². The molecule has 3 rings (SSSR count). The Morgan fingerprint density at radius 2 is 1.91 bits per heavy atom. The SMILES string of the molecule is COc1ccccc1-c1cc(NC(=O)c2cc(S(=O)(=O)NCCCN(C)C)ccc2C)n[nH]1. The highest BCUT2D eigenvalue weighted by molar-refractivity contribution is 7.89. The molecule has 0 saturated heterocycles. The largest absolute Gasteiger partial charge is 0.496 e. The molecule has 10 heteroatoms. The number of hydrogen-bond acceptors (Lipinski definition) is 6. The summed E-state index contributed by atoms with van der Waals surface area (Å²) in [4.78, 5) is 14.9. The molecule has 1 amide bonds. The van der Waals surface area contributed by atoms with Gasteiger partial charge in [-0.1, -0.05) is 18.2 Å². The van der Waals surface area contributed by atoms with Crippen LogP contribution in [0.2, 0.25) is 0 Å². The first-order chi connectivity index (χ1) is 15.7. The number of aromatic nitrogens is 2. The van der Waals surface area contributed by atoms with E-state index in [0.717, 1.165) is 12.1 Å². The summed E-state index contributed by atoms with van der Waals surface area (Å²) < 4.78 is 33.3. The fourth-order valence-electron chi connectivity index (χ4n) is 3.27. The molecule has 1 aromatic heterocycles. The second-order valence-corrected chi connectivity index (χ2v) is 9.62. The molecule has 3 N–H and O–H groups in total. The van der Waals surface area contributed by atoms with E-state index in [1.165, 1.54) is 12.1 Å². The summed E-state index contributed by atoms with van der Waals surface area (Å²) in [6, 6.07) is 13.6. The third-order valence-corrected chi connectivity index (χ3v) is 6.51. The molecule has 0 spiro atoms. The van der Waals surface area contributed by atoms with E-state index in [1.54, 1.807) is 26.2 Å². The van der Waals surface area contributed by atoms with Crippen molar-refractivity contribution in [3.8, 4) is 17.0 Å². The highest BCUT2D eigenvalue weighted by atomic mass is 32.2. The zero-order chi connectivity index (χ0) is 24.0. The minimum absolute atomic E-state index is 0.0415. The average molecular weight is 472 g/mol. The van der Waals surface area contributed by atoms with Crippen molar-refractivity contribution in [2.45, 2.75) is 18.2 Å². The monoisotopic (exact) mass is 471 g/mol. The Labute approximate surface area is 194 Å². The normalized spacial score (nSPS) is 11.5. The van der Waals surface area contributed by atoms with Crippen LogP contribution >= 0.6 is 0 Å². The summed E-state index contributed by atoms with van der Waals surface area (Å²) in [5.74, 6) is 0.538.